The lowest BCUT2D eigenvalue weighted by Crippen LogP contribution is -2.44. The number of amides is 1. The Morgan fingerprint density at radius 1 is 1.56 bits per heavy atom. The van der Waals surface area contributed by atoms with Crippen LogP contribution in [0.4, 0.5) is 5.69 Å². The fourth-order valence-corrected chi connectivity index (χ4v) is 3.85. The van der Waals surface area contributed by atoms with Gasteiger partial charge in [0.2, 0.25) is 0 Å². The van der Waals surface area contributed by atoms with Gasteiger partial charge in [-0.05, 0) is 37.3 Å². The number of carbonyl (C=O) groups excluding carboxylic acids is 1. The molecule has 0 saturated heterocycles. The molecule has 1 atom stereocenters. The lowest BCUT2D eigenvalue weighted by atomic mass is 10.1. The minimum Gasteiger partial charge on any atom is -0.350 e. The van der Waals surface area contributed by atoms with Gasteiger partial charge in [-0.3, -0.25) is 24.8 Å². The summed E-state index contributed by atoms with van der Waals surface area (Å²) in [6.45, 7) is 6.11. The molecule has 2 aromatic heterocycles. The molecule has 3 rings (SSSR count). The average Bonchev–Trinajstić information content (AvgIpc) is 3.07. The van der Waals surface area contributed by atoms with Crippen molar-refractivity contribution in [3.8, 4) is 0 Å². The van der Waals surface area contributed by atoms with Crippen LogP contribution >= 0.6 is 11.3 Å². The van der Waals surface area contributed by atoms with Crippen LogP contribution in [-0.4, -0.2) is 39.8 Å². The summed E-state index contributed by atoms with van der Waals surface area (Å²) in [5, 5.41) is 15.9. The minimum atomic E-state index is -0.544. The molecule has 1 N–H and O–H groups in total. The van der Waals surface area contributed by atoms with Crippen LogP contribution in [0.5, 0.6) is 0 Å². The van der Waals surface area contributed by atoms with Crippen molar-refractivity contribution in [1.29, 1.82) is 0 Å². The number of pyridine rings is 1. The number of nitrogens with one attached hydrogen (secondary N) is 1. The van der Waals surface area contributed by atoms with E-state index in [9.17, 15) is 14.9 Å². The van der Waals surface area contributed by atoms with Crippen molar-refractivity contribution in [3.63, 3.8) is 0 Å². The standard InChI is InChI=1S/C17H20N4O3S/c1-11(20-5-3-16-13(10-20)4-6-25-16)8-19-17(22)15-7-14(21(23)24)9-18-12(15)2/h4,6-7,9,11H,3,5,8,10H2,1-2H3,(H,19,22). The molecule has 25 heavy (non-hydrogen) atoms. The van der Waals surface area contributed by atoms with Crippen molar-refractivity contribution >= 4 is 22.9 Å². The Balaban J connectivity index is 1.61. The summed E-state index contributed by atoms with van der Waals surface area (Å²) in [6, 6.07) is 3.63. The minimum absolute atomic E-state index is 0.176. The van der Waals surface area contributed by atoms with E-state index in [2.05, 4.69) is 33.6 Å². The highest BCUT2D eigenvalue weighted by Gasteiger charge is 2.22. The molecule has 132 valence electrons. The van der Waals surface area contributed by atoms with Crippen molar-refractivity contribution in [2.75, 3.05) is 13.1 Å². The second-order valence-corrected chi connectivity index (χ2v) is 7.23. The van der Waals surface area contributed by atoms with E-state index in [4.69, 9.17) is 0 Å². The topological polar surface area (TPSA) is 88.4 Å². The van der Waals surface area contributed by atoms with Gasteiger partial charge in [0, 0.05) is 36.6 Å². The number of fused-ring (bicyclic) bond motifs is 1. The first kappa shape index (κ1) is 17.5. The average molecular weight is 360 g/mol. The number of carbonyl (C=O) groups is 1. The number of rotatable bonds is 5. The van der Waals surface area contributed by atoms with Gasteiger partial charge in [-0.15, -0.1) is 11.3 Å². The lowest BCUT2D eigenvalue weighted by molar-refractivity contribution is -0.385. The highest BCUT2D eigenvalue weighted by atomic mass is 32.1. The Hall–Kier alpha value is -2.32. The number of nitro groups is 1. The molecule has 8 heteroatoms. The summed E-state index contributed by atoms with van der Waals surface area (Å²) in [6.07, 6.45) is 2.21. The van der Waals surface area contributed by atoms with Crippen molar-refractivity contribution in [2.24, 2.45) is 0 Å². The van der Waals surface area contributed by atoms with Crippen LogP contribution in [0, 0.1) is 17.0 Å². The Kier molecular flexibility index (Phi) is 5.10. The van der Waals surface area contributed by atoms with Gasteiger partial charge in [0.15, 0.2) is 0 Å². The first-order chi connectivity index (χ1) is 12.0. The highest BCUT2D eigenvalue weighted by Crippen LogP contribution is 2.25. The molecule has 0 aromatic carbocycles. The normalized spacial score (nSPS) is 15.4. The van der Waals surface area contributed by atoms with E-state index >= 15 is 0 Å². The van der Waals surface area contributed by atoms with Crippen LogP contribution in [-0.2, 0) is 13.0 Å². The second kappa shape index (κ2) is 7.28. The Labute approximate surface area is 149 Å². The maximum Gasteiger partial charge on any atom is 0.288 e. The first-order valence-electron chi connectivity index (χ1n) is 8.14. The van der Waals surface area contributed by atoms with Crippen LogP contribution in [0.25, 0.3) is 0 Å². The van der Waals surface area contributed by atoms with Gasteiger partial charge in [-0.1, -0.05) is 0 Å². The molecule has 0 saturated carbocycles. The molecule has 1 amide bonds. The Morgan fingerprint density at radius 2 is 2.36 bits per heavy atom. The van der Waals surface area contributed by atoms with Crippen molar-refractivity contribution in [3.05, 3.63) is 55.5 Å². The largest absolute Gasteiger partial charge is 0.350 e. The third kappa shape index (κ3) is 3.85. The summed E-state index contributed by atoms with van der Waals surface area (Å²) >= 11 is 1.80. The Bertz CT molecular complexity index is 805. The maximum absolute atomic E-state index is 12.4. The van der Waals surface area contributed by atoms with E-state index in [1.54, 1.807) is 18.3 Å². The fourth-order valence-electron chi connectivity index (χ4n) is 2.96. The molecule has 2 aromatic rings. The van der Waals surface area contributed by atoms with Crippen LogP contribution in [0.3, 0.4) is 0 Å². The van der Waals surface area contributed by atoms with E-state index in [1.165, 1.54) is 22.7 Å². The van der Waals surface area contributed by atoms with Gasteiger partial charge in [0.1, 0.15) is 6.20 Å². The van der Waals surface area contributed by atoms with Gasteiger partial charge in [0.05, 0.1) is 16.2 Å². The van der Waals surface area contributed by atoms with E-state index in [0.717, 1.165) is 19.5 Å². The zero-order valence-corrected chi connectivity index (χ0v) is 15.0. The third-order valence-corrected chi connectivity index (χ3v) is 5.57. The molecule has 3 heterocycles. The number of aromatic nitrogens is 1. The van der Waals surface area contributed by atoms with Crippen LogP contribution in [0.15, 0.2) is 23.7 Å². The molecule has 0 radical (unpaired) electrons. The quantitative estimate of drug-likeness (QED) is 0.654. The number of aryl methyl sites for hydroxylation is 1. The van der Waals surface area contributed by atoms with Gasteiger partial charge in [-0.2, -0.15) is 0 Å². The lowest BCUT2D eigenvalue weighted by Gasteiger charge is -2.32. The van der Waals surface area contributed by atoms with Gasteiger partial charge >= 0.3 is 0 Å². The van der Waals surface area contributed by atoms with Gasteiger partial charge in [-0.25, -0.2) is 0 Å². The monoisotopic (exact) mass is 360 g/mol. The van der Waals surface area contributed by atoms with E-state index in [0.29, 0.717) is 12.2 Å². The van der Waals surface area contributed by atoms with Gasteiger partial charge in [0.25, 0.3) is 11.6 Å². The predicted octanol–water partition coefficient (Wildman–Crippen LogP) is 2.54. The Morgan fingerprint density at radius 3 is 3.12 bits per heavy atom. The third-order valence-electron chi connectivity index (χ3n) is 4.55. The molecule has 1 aliphatic rings. The molecule has 1 aliphatic heterocycles. The van der Waals surface area contributed by atoms with Crippen LogP contribution in [0.2, 0.25) is 0 Å². The summed E-state index contributed by atoms with van der Waals surface area (Å²) in [5.74, 6) is -0.325. The highest BCUT2D eigenvalue weighted by molar-refractivity contribution is 7.10. The van der Waals surface area contributed by atoms with E-state index in [-0.39, 0.29) is 23.2 Å². The zero-order valence-electron chi connectivity index (χ0n) is 14.2. The molecule has 0 spiro atoms. The summed E-state index contributed by atoms with van der Waals surface area (Å²) in [7, 11) is 0. The SMILES string of the molecule is Cc1ncc([N+](=O)[O-])cc1C(=O)NCC(C)N1CCc2sccc2C1. The summed E-state index contributed by atoms with van der Waals surface area (Å²) in [4.78, 5) is 30.5. The zero-order chi connectivity index (χ0) is 18.0. The first-order valence-corrected chi connectivity index (χ1v) is 9.02. The number of hydrogen-bond acceptors (Lipinski definition) is 6. The maximum atomic E-state index is 12.4. The van der Waals surface area contributed by atoms with Crippen LogP contribution < -0.4 is 5.32 Å². The molecule has 7 nitrogen and oxygen atoms in total. The van der Waals surface area contributed by atoms with E-state index < -0.39 is 4.92 Å². The fraction of sp³-hybridized carbons (Fsp3) is 0.412. The van der Waals surface area contributed by atoms with E-state index in [1.807, 2.05) is 0 Å². The molecule has 0 bridgehead atoms. The molecule has 1 unspecified atom stereocenters. The number of nitrogens with zero attached hydrogens (tertiary/aromatic N) is 3. The predicted molar refractivity (Wildman–Crippen MR) is 95.9 cm³/mol. The summed E-state index contributed by atoms with van der Waals surface area (Å²) in [5.41, 5.74) is 1.93. The number of hydrogen-bond donors (Lipinski definition) is 1. The van der Waals surface area contributed by atoms with Crippen LogP contribution in [0.1, 0.15) is 33.4 Å². The molecule has 0 aliphatic carbocycles. The van der Waals surface area contributed by atoms with Gasteiger partial charge < -0.3 is 5.32 Å². The second-order valence-electron chi connectivity index (χ2n) is 6.23. The smallest absolute Gasteiger partial charge is 0.288 e. The molecular formula is C17H20N4O3S. The van der Waals surface area contributed by atoms with Crippen molar-refractivity contribution < 1.29 is 9.72 Å². The molecular weight excluding hydrogens is 340 g/mol. The van der Waals surface area contributed by atoms with Crippen molar-refractivity contribution in [2.45, 2.75) is 32.9 Å². The van der Waals surface area contributed by atoms with Crippen molar-refractivity contribution in [1.82, 2.24) is 15.2 Å². The summed E-state index contributed by atoms with van der Waals surface area (Å²) < 4.78 is 0. The number of thiophene rings is 1. The molecule has 0 fully saturated rings.